The van der Waals surface area contributed by atoms with Crippen LogP contribution in [0.25, 0.3) is 0 Å². The fourth-order valence-corrected chi connectivity index (χ4v) is 3.78. The summed E-state index contributed by atoms with van der Waals surface area (Å²) in [7, 11) is 6.15. The third-order valence-corrected chi connectivity index (χ3v) is 5.26. The number of likely N-dealkylation sites (N-methyl/N-ethyl adjacent to an activating group) is 2. The fourth-order valence-electron chi connectivity index (χ4n) is 3.78. The van der Waals surface area contributed by atoms with Gasteiger partial charge in [-0.25, -0.2) is 4.98 Å². The van der Waals surface area contributed by atoms with Gasteiger partial charge in [0.1, 0.15) is 5.82 Å². The van der Waals surface area contributed by atoms with Crippen LogP contribution in [-0.4, -0.2) is 82.5 Å². The van der Waals surface area contributed by atoms with E-state index in [0.29, 0.717) is 12.5 Å². The van der Waals surface area contributed by atoms with Gasteiger partial charge in [-0.2, -0.15) is 0 Å². The Hall–Kier alpha value is -2.25. The van der Waals surface area contributed by atoms with Crippen molar-refractivity contribution in [3.8, 4) is 0 Å². The van der Waals surface area contributed by atoms with Crippen LogP contribution in [0.3, 0.4) is 0 Å². The number of pyridine rings is 1. The largest absolute Gasteiger partial charge is 0.341 e. The maximum absolute atomic E-state index is 12.8. The van der Waals surface area contributed by atoms with Crippen molar-refractivity contribution in [2.45, 2.75) is 31.8 Å². The Kier molecular flexibility index (Phi) is 7.17. The molecule has 1 fully saturated rings. The van der Waals surface area contributed by atoms with Crippen LogP contribution < -0.4 is 0 Å². The molecule has 0 aromatic carbocycles. The minimum Gasteiger partial charge on any atom is -0.341 e. The van der Waals surface area contributed by atoms with Crippen LogP contribution >= 0.6 is 0 Å². The molecule has 28 heavy (non-hydrogen) atoms. The molecule has 0 bridgehead atoms. The molecule has 1 atom stereocenters. The number of likely N-dealkylation sites (tertiary alicyclic amines) is 1. The molecule has 0 unspecified atom stereocenters. The van der Waals surface area contributed by atoms with Gasteiger partial charge in [0.2, 0.25) is 5.91 Å². The third-order valence-electron chi connectivity index (χ3n) is 5.26. The average molecular weight is 385 g/mol. The Balaban J connectivity index is 1.56. The molecule has 7 heteroatoms. The standard InChI is InChI=1S/C21H32N6O/c1-24(2)12-13-26-11-9-23-21(26)19-7-5-10-27(16-19)20(28)17-25(3)15-18-6-4-8-22-14-18/h4,6,8-9,11,14,19H,5,7,10,12-13,15-17H2,1-3H3/t19-/m1/s1. The van der Waals surface area contributed by atoms with Crippen LogP contribution in [0.4, 0.5) is 0 Å². The van der Waals surface area contributed by atoms with Crippen LogP contribution in [0.1, 0.15) is 30.1 Å². The quantitative estimate of drug-likeness (QED) is 0.693. The van der Waals surface area contributed by atoms with Crippen LogP contribution in [-0.2, 0) is 17.9 Å². The van der Waals surface area contributed by atoms with Gasteiger partial charge in [0.05, 0.1) is 6.54 Å². The van der Waals surface area contributed by atoms with Crippen LogP contribution in [0.5, 0.6) is 0 Å². The molecule has 0 N–H and O–H groups in total. The zero-order valence-corrected chi connectivity index (χ0v) is 17.3. The molecule has 152 valence electrons. The summed E-state index contributed by atoms with van der Waals surface area (Å²) >= 11 is 0. The highest BCUT2D eigenvalue weighted by molar-refractivity contribution is 5.78. The summed E-state index contributed by atoms with van der Waals surface area (Å²) in [5.74, 6) is 1.63. The van der Waals surface area contributed by atoms with Gasteiger partial charge in [-0.1, -0.05) is 6.07 Å². The predicted octanol–water partition coefficient (Wildman–Crippen LogP) is 1.68. The molecule has 1 aliphatic heterocycles. The summed E-state index contributed by atoms with van der Waals surface area (Å²) in [4.78, 5) is 27.9. The SMILES string of the molecule is CN(C)CCn1ccnc1[C@@H]1CCCN(C(=O)CN(C)Cc2cccnc2)C1. The second-order valence-electron chi connectivity index (χ2n) is 7.99. The van der Waals surface area contributed by atoms with E-state index in [9.17, 15) is 4.79 Å². The van der Waals surface area contributed by atoms with E-state index < -0.39 is 0 Å². The molecule has 2 aromatic heterocycles. The van der Waals surface area contributed by atoms with E-state index in [-0.39, 0.29) is 5.91 Å². The highest BCUT2D eigenvalue weighted by Gasteiger charge is 2.27. The normalized spacial score (nSPS) is 17.5. The number of carbonyl (C=O) groups is 1. The Morgan fingerprint density at radius 1 is 1.29 bits per heavy atom. The number of amides is 1. The summed E-state index contributed by atoms with van der Waals surface area (Å²) in [6.45, 7) is 4.67. The molecule has 3 heterocycles. The van der Waals surface area contributed by atoms with E-state index in [1.165, 1.54) is 0 Å². The number of aromatic nitrogens is 3. The Bertz CT molecular complexity index is 744. The first kappa shape index (κ1) is 20.5. The number of imidazole rings is 1. The highest BCUT2D eigenvalue weighted by atomic mass is 16.2. The molecule has 1 aliphatic rings. The van der Waals surface area contributed by atoms with E-state index >= 15 is 0 Å². The molecule has 2 aromatic rings. The zero-order valence-electron chi connectivity index (χ0n) is 17.3. The third kappa shape index (κ3) is 5.62. The van der Waals surface area contributed by atoms with E-state index in [1.807, 2.05) is 36.5 Å². The van der Waals surface area contributed by atoms with E-state index in [2.05, 4.69) is 44.6 Å². The predicted molar refractivity (Wildman–Crippen MR) is 110 cm³/mol. The van der Waals surface area contributed by atoms with Crippen molar-refractivity contribution < 1.29 is 4.79 Å². The van der Waals surface area contributed by atoms with Gasteiger partial charge in [-0.15, -0.1) is 0 Å². The second kappa shape index (κ2) is 9.80. The average Bonchev–Trinajstić information content (AvgIpc) is 3.16. The minimum absolute atomic E-state index is 0.197. The first-order valence-corrected chi connectivity index (χ1v) is 10.0. The lowest BCUT2D eigenvalue weighted by molar-refractivity contribution is -0.133. The monoisotopic (exact) mass is 384 g/mol. The first-order chi connectivity index (χ1) is 13.5. The number of nitrogens with zero attached hydrogens (tertiary/aromatic N) is 6. The van der Waals surface area contributed by atoms with E-state index in [4.69, 9.17) is 0 Å². The van der Waals surface area contributed by atoms with Crippen molar-refractivity contribution in [1.29, 1.82) is 0 Å². The van der Waals surface area contributed by atoms with Crippen LogP contribution in [0.15, 0.2) is 36.9 Å². The maximum atomic E-state index is 12.8. The summed E-state index contributed by atoms with van der Waals surface area (Å²) in [5, 5.41) is 0. The van der Waals surface area contributed by atoms with Crippen molar-refractivity contribution in [2.75, 3.05) is 47.3 Å². The minimum atomic E-state index is 0.197. The summed E-state index contributed by atoms with van der Waals surface area (Å²) in [6, 6.07) is 3.97. The number of piperidine rings is 1. The molecule has 0 aliphatic carbocycles. The molecular formula is C21H32N6O. The fraction of sp³-hybridized carbons (Fsp3) is 0.571. The zero-order chi connectivity index (χ0) is 19.9. The van der Waals surface area contributed by atoms with Crippen molar-refractivity contribution in [1.82, 2.24) is 29.2 Å². The molecule has 7 nitrogen and oxygen atoms in total. The van der Waals surface area contributed by atoms with Crippen molar-refractivity contribution in [3.05, 3.63) is 48.3 Å². The van der Waals surface area contributed by atoms with E-state index in [1.54, 1.807) is 6.20 Å². The van der Waals surface area contributed by atoms with Crippen molar-refractivity contribution in [3.63, 3.8) is 0 Å². The molecule has 0 saturated carbocycles. The molecular weight excluding hydrogens is 352 g/mol. The molecule has 0 radical (unpaired) electrons. The summed E-state index contributed by atoms with van der Waals surface area (Å²) < 4.78 is 2.24. The Labute approximate surface area is 168 Å². The van der Waals surface area contributed by atoms with Crippen molar-refractivity contribution >= 4 is 5.91 Å². The van der Waals surface area contributed by atoms with Gasteiger partial charge in [-0.05, 0) is 45.6 Å². The van der Waals surface area contributed by atoms with Crippen molar-refractivity contribution in [2.24, 2.45) is 0 Å². The first-order valence-electron chi connectivity index (χ1n) is 10.0. The van der Waals surface area contributed by atoms with E-state index in [0.717, 1.165) is 57.0 Å². The molecule has 1 amide bonds. The van der Waals surface area contributed by atoms with Crippen LogP contribution in [0.2, 0.25) is 0 Å². The van der Waals surface area contributed by atoms with Gasteiger partial charge in [0, 0.05) is 63.4 Å². The number of hydrogen-bond acceptors (Lipinski definition) is 5. The maximum Gasteiger partial charge on any atom is 0.236 e. The van der Waals surface area contributed by atoms with Gasteiger partial charge in [0.25, 0.3) is 0 Å². The molecule has 1 saturated heterocycles. The lowest BCUT2D eigenvalue weighted by Gasteiger charge is -2.34. The topological polar surface area (TPSA) is 57.5 Å². The number of carbonyl (C=O) groups excluding carboxylic acids is 1. The number of hydrogen-bond donors (Lipinski definition) is 0. The Morgan fingerprint density at radius 3 is 2.89 bits per heavy atom. The molecule has 3 rings (SSSR count). The highest BCUT2D eigenvalue weighted by Crippen LogP contribution is 2.26. The van der Waals surface area contributed by atoms with Gasteiger partial charge in [0.15, 0.2) is 0 Å². The van der Waals surface area contributed by atoms with Crippen LogP contribution in [0, 0.1) is 0 Å². The van der Waals surface area contributed by atoms with Gasteiger partial charge in [-0.3, -0.25) is 14.7 Å². The summed E-state index contributed by atoms with van der Waals surface area (Å²) in [6.07, 6.45) is 9.68. The van der Waals surface area contributed by atoms with Gasteiger partial charge < -0.3 is 14.4 Å². The Morgan fingerprint density at radius 2 is 2.14 bits per heavy atom. The lowest BCUT2D eigenvalue weighted by Crippen LogP contribution is -2.44. The second-order valence-corrected chi connectivity index (χ2v) is 7.99. The molecule has 0 spiro atoms. The summed E-state index contributed by atoms with van der Waals surface area (Å²) in [5.41, 5.74) is 1.12. The lowest BCUT2D eigenvalue weighted by atomic mass is 9.97. The smallest absolute Gasteiger partial charge is 0.236 e. The van der Waals surface area contributed by atoms with Gasteiger partial charge >= 0.3 is 0 Å². The number of rotatable bonds is 8.